The Bertz CT molecular complexity index is 1340. The second-order valence-corrected chi connectivity index (χ2v) is 7.89. The molecule has 1 saturated heterocycles. The standard InChI is InChI=1S/C23H24N6O3/c1-16-6-8-17(9-7-16)14-24-20(30)15-28-23(31)29-19-5-3-2-4-18(19)25-21(22(29)26-28)27-10-12-32-13-11-27/h2-9H,10-15H2,1H3,(H,24,30). The Morgan fingerprint density at radius 2 is 1.84 bits per heavy atom. The van der Waals surface area contributed by atoms with Crippen molar-refractivity contribution < 1.29 is 9.53 Å². The van der Waals surface area contributed by atoms with Crippen molar-refractivity contribution >= 4 is 28.4 Å². The maximum atomic E-state index is 13.2. The fourth-order valence-corrected chi connectivity index (χ4v) is 3.87. The van der Waals surface area contributed by atoms with Gasteiger partial charge in [0.25, 0.3) is 0 Å². The van der Waals surface area contributed by atoms with Crippen LogP contribution in [-0.2, 0) is 22.6 Å². The summed E-state index contributed by atoms with van der Waals surface area (Å²) in [6.45, 7) is 4.76. The molecule has 0 spiro atoms. The molecule has 4 aromatic rings. The van der Waals surface area contributed by atoms with E-state index in [1.807, 2.05) is 55.5 Å². The summed E-state index contributed by atoms with van der Waals surface area (Å²) in [5.74, 6) is 0.351. The lowest BCUT2D eigenvalue weighted by atomic mass is 10.1. The average molecular weight is 432 g/mol. The predicted octanol–water partition coefficient (Wildman–Crippen LogP) is 1.51. The molecule has 5 rings (SSSR count). The number of hydrogen-bond donors (Lipinski definition) is 1. The number of aromatic nitrogens is 4. The summed E-state index contributed by atoms with van der Waals surface area (Å²) >= 11 is 0. The number of anilines is 1. The molecule has 1 fully saturated rings. The third-order valence-corrected chi connectivity index (χ3v) is 5.60. The first-order valence-electron chi connectivity index (χ1n) is 10.6. The number of carbonyl (C=O) groups is 1. The van der Waals surface area contributed by atoms with E-state index in [1.165, 1.54) is 4.68 Å². The van der Waals surface area contributed by atoms with Crippen LogP contribution in [0.1, 0.15) is 11.1 Å². The van der Waals surface area contributed by atoms with Crippen molar-refractivity contribution in [3.63, 3.8) is 0 Å². The molecule has 1 aliphatic heterocycles. The number of benzene rings is 2. The van der Waals surface area contributed by atoms with Crippen LogP contribution < -0.4 is 15.9 Å². The first kappa shape index (κ1) is 20.2. The number of nitrogens with one attached hydrogen (secondary N) is 1. The van der Waals surface area contributed by atoms with Gasteiger partial charge in [-0.15, -0.1) is 5.10 Å². The minimum absolute atomic E-state index is 0.163. The average Bonchev–Trinajstić information content (AvgIpc) is 3.15. The van der Waals surface area contributed by atoms with Gasteiger partial charge in [0.15, 0.2) is 5.82 Å². The number of morpholine rings is 1. The molecular formula is C23H24N6O3. The third-order valence-electron chi connectivity index (χ3n) is 5.60. The van der Waals surface area contributed by atoms with Crippen LogP contribution in [0.2, 0.25) is 0 Å². The number of ether oxygens (including phenoxy) is 1. The molecule has 1 amide bonds. The van der Waals surface area contributed by atoms with E-state index < -0.39 is 0 Å². The molecule has 9 heteroatoms. The van der Waals surface area contributed by atoms with Crippen LogP contribution in [0.25, 0.3) is 16.7 Å². The molecule has 0 unspecified atom stereocenters. The normalized spacial score (nSPS) is 14.2. The Balaban J connectivity index is 1.47. The van der Waals surface area contributed by atoms with Crippen molar-refractivity contribution in [1.82, 2.24) is 24.5 Å². The molecule has 0 aliphatic carbocycles. The van der Waals surface area contributed by atoms with E-state index in [9.17, 15) is 9.59 Å². The van der Waals surface area contributed by atoms with E-state index in [0.717, 1.165) is 11.1 Å². The largest absolute Gasteiger partial charge is 0.378 e. The molecule has 164 valence electrons. The van der Waals surface area contributed by atoms with Crippen molar-refractivity contribution in [3.05, 3.63) is 70.1 Å². The van der Waals surface area contributed by atoms with Gasteiger partial charge in [-0.05, 0) is 24.6 Å². The molecule has 0 radical (unpaired) electrons. The van der Waals surface area contributed by atoms with Crippen molar-refractivity contribution in [2.75, 3.05) is 31.2 Å². The van der Waals surface area contributed by atoms with Crippen LogP contribution in [0, 0.1) is 6.92 Å². The Hall–Kier alpha value is -3.72. The molecule has 0 saturated carbocycles. The Labute approximate surface area is 184 Å². The lowest BCUT2D eigenvalue weighted by Crippen LogP contribution is -2.37. The Morgan fingerprint density at radius 3 is 2.62 bits per heavy atom. The van der Waals surface area contributed by atoms with Crippen molar-refractivity contribution in [3.8, 4) is 0 Å². The first-order valence-corrected chi connectivity index (χ1v) is 10.6. The van der Waals surface area contributed by atoms with Crippen LogP contribution in [0.3, 0.4) is 0 Å². The van der Waals surface area contributed by atoms with Crippen LogP contribution in [-0.4, -0.2) is 51.4 Å². The van der Waals surface area contributed by atoms with Gasteiger partial charge in [-0.3, -0.25) is 4.79 Å². The number of carbonyl (C=O) groups excluding carboxylic acids is 1. The molecule has 2 aromatic carbocycles. The zero-order valence-electron chi connectivity index (χ0n) is 17.8. The quantitative estimate of drug-likeness (QED) is 0.514. The molecule has 2 aromatic heterocycles. The van der Waals surface area contributed by atoms with E-state index in [1.54, 1.807) is 4.40 Å². The molecule has 1 N–H and O–H groups in total. The van der Waals surface area contributed by atoms with Gasteiger partial charge < -0.3 is 15.0 Å². The smallest absolute Gasteiger partial charge is 0.351 e. The first-order chi connectivity index (χ1) is 15.6. The van der Waals surface area contributed by atoms with Crippen molar-refractivity contribution in [1.29, 1.82) is 0 Å². The van der Waals surface area contributed by atoms with Gasteiger partial charge >= 0.3 is 5.69 Å². The summed E-state index contributed by atoms with van der Waals surface area (Å²) < 4.78 is 8.20. The van der Waals surface area contributed by atoms with E-state index in [4.69, 9.17) is 9.72 Å². The van der Waals surface area contributed by atoms with E-state index in [0.29, 0.717) is 55.3 Å². The van der Waals surface area contributed by atoms with Gasteiger partial charge in [-0.1, -0.05) is 42.0 Å². The van der Waals surface area contributed by atoms with Gasteiger partial charge in [0, 0.05) is 19.6 Å². The number of fused-ring (bicyclic) bond motifs is 3. The zero-order chi connectivity index (χ0) is 22.1. The lowest BCUT2D eigenvalue weighted by Gasteiger charge is -2.27. The summed E-state index contributed by atoms with van der Waals surface area (Å²) in [5.41, 5.74) is 3.60. The van der Waals surface area contributed by atoms with Crippen LogP contribution in [0.4, 0.5) is 5.82 Å². The summed E-state index contributed by atoms with van der Waals surface area (Å²) in [6.07, 6.45) is 0. The van der Waals surface area contributed by atoms with Gasteiger partial charge in [0.1, 0.15) is 6.54 Å². The van der Waals surface area contributed by atoms with E-state index >= 15 is 0 Å². The second-order valence-electron chi connectivity index (χ2n) is 7.89. The van der Waals surface area contributed by atoms with Gasteiger partial charge in [-0.25, -0.2) is 18.9 Å². The minimum Gasteiger partial charge on any atom is -0.378 e. The van der Waals surface area contributed by atoms with E-state index in [2.05, 4.69) is 15.3 Å². The topological polar surface area (TPSA) is 93.8 Å². The maximum absolute atomic E-state index is 13.2. The molecule has 0 bridgehead atoms. The highest BCUT2D eigenvalue weighted by atomic mass is 16.5. The molecule has 32 heavy (non-hydrogen) atoms. The second kappa shape index (κ2) is 8.43. The SMILES string of the molecule is Cc1ccc(CNC(=O)Cn2nc3c(N4CCOCC4)nc4ccccc4n3c2=O)cc1. The molecule has 0 atom stereocenters. The number of nitrogens with zero attached hydrogens (tertiary/aromatic N) is 5. The summed E-state index contributed by atoms with van der Waals surface area (Å²) in [5, 5.41) is 7.37. The number of aryl methyl sites for hydroxylation is 1. The van der Waals surface area contributed by atoms with Crippen LogP contribution in [0.15, 0.2) is 53.3 Å². The molecule has 3 heterocycles. The monoisotopic (exact) mass is 432 g/mol. The van der Waals surface area contributed by atoms with Gasteiger partial charge in [0.05, 0.1) is 24.2 Å². The highest BCUT2D eigenvalue weighted by molar-refractivity contribution is 5.83. The van der Waals surface area contributed by atoms with Crippen LogP contribution in [0.5, 0.6) is 0 Å². The number of rotatable bonds is 5. The highest BCUT2D eigenvalue weighted by Gasteiger charge is 2.22. The van der Waals surface area contributed by atoms with Gasteiger partial charge in [0.2, 0.25) is 11.6 Å². The fraction of sp³-hybridized carbons (Fsp3) is 0.304. The lowest BCUT2D eigenvalue weighted by molar-refractivity contribution is -0.122. The summed E-state index contributed by atoms with van der Waals surface area (Å²) in [6, 6.07) is 15.4. The minimum atomic E-state index is -0.362. The number of amides is 1. The molecule has 1 aliphatic rings. The van der Waals surface area contributed by atoms with Crippen molar-refractivity contribution in [2.24, 2.45) is 0 Å². The molecule has 9 nitrogen and oxygen atoms in total. The van der Waals surface area contributed by atoms with Gasteiger partial charge in [-0.2, -0.15) is 0 Å². The number of para-hydroxylation sites is 2. The third kappa shape index (κ3) is 3.82. The Morgan fingerprint density at radius 1 is 1.09 bits per heavy atom. The maximum Gasteiger partial charge on any atom is 0.351 e. The molecular weight excluding hydrogens is 408 g/mol. The summed E-state index contributed by atoms with van der Waals surface area (Å²) in [4.78, 5) is 32.7. The number of hydrogen-bond acceptors (Lipinski definition) is 6. The predicted molar refractivity (Wildman–Crippen MR) is 121 cm³/mol. The summed E-state index contributed by atoms with van der Waals surface area (Å²) in [7, 11) is 0. The van der Waals surface area contributed by atoms with Crippen molar-refractivity contribution in [2.45, 2.75) is 20.0 Å². The zero-order valence-corrected chi connectivity index (χ0v) is 17.8. The van der Waals surface area contributed by atoms with E-state index in [-0.39, 0.29) is 18.1 Å². The highest BCUT2D eigenvalue weighted by Crippen LogP contribution is 2.23. The van der Waals surface area contributed by atoms with Crippen LogP contribution >= 0.6 is 0 Å². The fourth-order valence-electron chi connectivity index (χ4n) is 3.87. The Kier molecular flexibility index (Phi) is 5.32.